The fourth-order valence-electron chi connectivity index (χ4n) is 2.85. The highest BCUT2D eigenvalue weighted by Gasteiger charge is 2.14. The second-order valence-corrected chi connectivity index (χ2v) is 6.00. The summed E-state index contributed by atoms with van der Waals surface area (Å²) in [7, 11) is 0. The van der Waals surface area contributed by atoms with Crippen molar-refractivity contribution in [1.82, 2.24) is 0 Å². The third-order valence-electron chi connectivity index (χ3n) is 3.92. The molecular weight excluding hydrogens is 266 g/mol. The fourth-order valence-corrected chi connectivity index (χ4v) is 2.98. The minimum Gasteiger partial charge on any atom is -0.330 e. The summed E-state index contributed by atoms with van der Waals surface area (Å²) in [6.07, 6.45) is 0.982. The predicted octanol–water partition coefficient (Wildman–Crippen LogP) is 4.55. The number of hydrogen-bond acceptors (Lipinski definition) is 1. The predicted molar refractivity (Wildman–Crippen MR) is 87.6 cm³/mol. The van der Waals surface area contributed by atoms with E-state index in [-0.39, 0.29) is 0 Å². The summed E-state index contributed by atoms with van der Waals surface area (Å²) in [5.74, 6) is 0.340. The van der Waals surface area contributed by atoms with E-state index in [9.17, 15) is 0 Å². The molecule has 0 aliphatic heterocycles. The van der Waals surface area contributed by atoms with Gasteiger partial charge in [-0.2, -0.15) is 0 Å². The number of aryl methyl sites for hydroxylation is 3. The van der Waals surface area contributed by atoms with E-state index in [1.807, 2.05) is 12.1 Å². The zero-order valence-electron chi connectivity index (χ0n) is 12.4. The minimum absolute atomic E-state index is 0.340. The average molecular weight is 288 g/mol. The van der Waals surface area contributed by atoms with Gasteiger partial charge < -0.3 is 5.73 Å². The fraction of sp³-hybridized carbons (Fsp3) is 0.333. The van der Waals surface area contributed by atoms with Gasteiger partial charge in [0.15, 0.2) is 0 Å². The van der Waals surface area contributed by atoms with Gasteiger partial charge in [-0.25, -0.2) is 0 Å². The van der Waals surface area contributed by atoms with Crippen molar-refractivity contribution < 1.29 is 0 Å². The third kappa shape index (κ3) is 3.41. The van der Waals surface area contributed by atoms with Gasteiger partial charge in [-0.3, -0.25) is 0 Å². The highest BCUT2D eigenvalue weighted by molar-refractivity contribution is 6.30. The van der Waals surface area contributed by atoms with Gasteiger partial charge in [0.2, 0.25) is 0 Å². The van der Waals surface area contributed by atoms with Crippen molar-refractivity contribution in [2.24, 2.45) is 5.73 Å². The van der Waals surface area contributed by atoms with Gasteiger partial charge in [0.05, 0.1) is 0 Å². The van der Waals surface area contributed by atoms with Crippen LogP contribution in [0.1, 0.15) is 33.7 Å². The molecule has 0 spiro atoms. The maximum absolute atomic E-state index is 5.99. The first-order valence-electron chi connectivity index (χ1n) is 7.03. The SMILES string of the molecule is Cc1cc(C)c(CC(CN)c2ccc(Cl)cc2)c(C)c1. The second kappa shape index (κ2) is 6.43. The van der Waals surface area contributed by atoms with E-state index >= 15 is 0 Å². The number of halogens is 1. The molecule has 2 aromatic carbocycles. The van der Waals surface area contributed by atoms with Crippen LogP contribution in [-0.4, -0.2) is 6.54 Å². The van der Waals surface area contributed by atoms with Crippen LogP contribution in [-0.2, 0) is 6.42 Å². The normalized spacial score (nSPS) is 12.4. The standard InChI is InChI=1S/C18H22ClN/c1-12-8-13(2)18(14(3)9-12)10-16(11-20)15-4-6-17(19)7-5-15/h4-9,16H,10-11,20H2,1-3H3. The van der Waals surface area contributed by atoms with Gasteiger partial charge in [-0.15, -0.1) is 0 Å². The van der Waals surface area contributed by atoms with Crippen molar-refractivity contribution in [3.8, 4) is 0 Å². The highest BCUT2D eigenvalue weighted by Crippen LogP contribution is 2.26. The Morgan fingerprint density at radius 3 is 2.05 bits per heavy atom. The van der Waals surface area contributed by atoms with E-state index in [1.54, 1.807) is 0 Å². The minimum atomic E-state index is 0.340. The van der Waals surface area contributed by atoms with Crippen LogP contribution < -0.4 is 5.73 Å². The number of benzene rings is 2. The van der Waals surface area contributed by atoms with E-state index in [0.717, 1.165) is 11.4 Å². The van der Waals surface area contributed by atoms with E-state index < -0.39 is 0 Å². The molecular formula is C18H22ClN. The summed E-state index contributed by atoms with van der Waals surface area (Å²) in [6, 6.07) is 12.5. The Balaban J connectivity index is 2.29. The molecule has 0 saturated heterocycles. The molecule has 0 fully saturated rings. The zero-order valence-corrected chi connectivity index (χ0v) is 13.2. The van der Waals surface area contributed by atoms with Crippen LogP contribution in [0.4, 0.5) is 0 Å². The van der Waals surface area contributed by atoms with Crippen LogP contribution in [0.2, 0.25) is 5.02 Å². The Morgan fingerprint density at radius 2 is 1.55 bits per heavy atom. The summed E-state index contributed by atoms with van der Waals surface area (Å²) in [6.45, 7) is 7.16. The summed E-state index contributed by atoms with van der Waals surface area (Å²) in [5.41, 5.74) is 12.7. The molecule has 2 rings (SSSR count). The summed E-state index contributed by atoms with van der Waals surface area (Å²) in [4.78, 5) is 0. The van der Waals surface area contributed by atoms with Crippen LogP contribution in [0.15, 0.2) is 36.4 Å². The van der Waals surface area contributed by atoms with Gasteiger partial charge in [-0.1, -0.05) is 41.4 Å². The summed E-state index contributed by atoms with van der Waals surface area (Å²) < 4.78 is 0. The number of nitrogens with two attached hydrogens (primary N) is 1. The summed E-state index contributed by atoms with van der Waals surface area (Å²) in [5, 5.41) is 0.771. The first kappa shape index (κ1) is 15.1. The van der Waals surface area contributed by atoms with Crippen molar-refractivity contribution in [2.75, 3.05) is 6.54 Å². The molecule has 0 aliphatic rings. The van der Waals surface area contributed by atoms with Crippen molar-refractivity contribution in [1.29, 1.82) is 0 Å². The first-order chi connectivity index (χ1) is 9.51. The Labute approximate surface area is 126 Å². The molecule has 0 amide bonds. The van der Waals surface area contributed by atoms with E-state index in [1.165, 1.54) is 27.8 Å². The molecule has 0 radical (unpaired) electrons. The van der Waals surface area contributed by atoms with E-state index in [2.05, 4.69) is 45.0 Å². The van der Waals surface area contributed by atoms with Crippen LogP contribution in [0.25, 0.3) is 0 Å². The third-order valence-corrected chi connectivity index (χ3v) is 4.17. The van der Waals surface area contributed by atoms with Crippen LogP contribution in [0.3, 0.4) is 0 Å². The molecule has 2 N–H and O–H groups in total. The maximum Gasteiger partial charge on any atom is 0.0406 e. The molecule has 1 atom stereocenters. The molecule has 20 heavy (non-hydrogen) atoms. The van der Waals surface area contributed by atoms with Gasteiger partial charge in [0.25, 0.3) is 0 Å². The Bertz CT molecular complexity index is 564. The molecule has 0 bridgehead atoms. The molecule has 0 saturated carbocycles. The van der Waals surface area contributed by atoms with E-state index in [4.69, 9.17) is 17.3 Å². The van der Waals surface area contributed by atoms with Crippen LogP contribution in [0.5, 0.6) is 0 Å². The maximum atomic E-state index is 5.99. The van der Waals surface area contributed by atoms with Gasteiger partial charge in [0, 0.05) is 10.9 Å². The summed E-state index contributed by atoms with van der Waals surface area (Å²) >= 11 is 5.96. The van der Waals surface area contributed by atoms with Crippen LogP contribution >= 0.6 is 11.6 Å². The molecule has 0 heterocycles. The lowest BCUT2D eigenvalue weighted by Crippen LogP contribution is -2.16. The number of hydrogen-bond donors (Lipinski definition) is 1. The van der Waals surface area contributed by atoms with Crippen molar-refractivity contribution >= 4 is 11.6 Å². The topological polar surface area (TPSA) is 26.0 Å². The zero-order chi connectivity index (χ0) is 14.7. The molecule has 0 aromatic heterocycles. The van der Waals surface area contributed by atoms with Gasteiger partial charge in [0.1, 0.15) is 0 Å². The lowest BCUT2D eigenvalue weighted by molar-refractivity contribution is 0.689. The van der Waals surface area contributed by atoms with Crippen molar-refractivity contribution in [3.05, 3.63) is 69.2 Å². The molecule has 0 aliphatic carbocycles. The quantitative estimate of drug-likeness (QED) is 0.877. The smallest absolute Gasteiger partial charge is 0.0406 e. The Kier molecular flexibility index (Phi) is 4.85. The van der Waals surface area contributed by atoms with Gasteiger partial charge in [-0.05, 0) is 68.1 Å². The molecule has 1 unspecified atom stereocenters. The van der Waals surface area contributed by atoms with Crippen molar-refractivity contribution in [3.63, 3.8) is 0 Å². The van der Waals surface area contributed by atoms with Crippen LogP contribution in [0, 0.1) is 20.8 Å². The lowest BCUT2D eigenvalue weighted by atomic mass is 9.87. The highest BCUT2D eigenvalue weighted by atomic mass is 35.5. The van der Waals surface area contributed by atoms with Crippen molar-refractivity contribution in [2.45, 2.75) is 33.1 Å². The molecule has 1 nitrogen and oxygen atoms in total. The molecule has 106 valence electrons. The second-order valence-electron chi connectivity index (χ2n) is 5.57. The van der Waals surface area contributed by atoms with Gasteiger partial charge >= 0.3 is 0 Å². The lowest BCUT2D eigenvalue weighted by Gasteiger charge is -2.19. The molecule has 2 heteroatoms. The number of rotatable bonds is 4. The molecule has 2 aromatic rings. The van der Waals surface area contributed by atoms with E-state index in [0.29, 0.717) is 12.5 Å². The largest absolute Gasteiger partial charge is 0.330 e. The Morgan fingerprint density at radius 1 is 1.00 bits per heavy atom. The monoisotopic (exact) mass is 287 g/mol. The first-order valence-corrected chi connectivity index (χ1v) is 7.41. The average Bonchev–Trinajstić information content (AvgIpc) is 2.39. The Hall–Kier alpha value is -1.31.